The van der Waals surface area contributed by atoms with E-state index in [2.05, 4.69) is 27.4 Å². The standard InChI is InChI=1S/C21H20N4O3/c26-19-9-14(11-25(19)16-6-4-12-2-1-3-13(12)8-16)20(27)22-15-5-7-17-18(10-15)24-21(28)23-17/h4-8,10,14H,1-3,9,11H2,(H,22,27)(H2,23,24,28)/t14-/m1/s1. The monoisotopic (exact) mass is 376 g/mol. The van der Waals surface area contributed by atoms with Crippen molar-refractivity contribution in [3.05, 3.63) is 58.0 Å². The topological polar surface area (TPSA) is 98.1 Å². The zero-order chi connectivity index (χ0) is 19.3. The number of benzene rings is 2. The van der Waals surface area contributed by atoms with E-state index in [0.29, 0.717) is 23.3 Å². The molecule has 2 heterocycles. The van der Waals surface area contributed by atoms with Gasteiger partial charge in [-0.1, -0.05) is 6.07 Å². The second-order valence-electron chi connectivity index (χ2n) is 7.54. The number of nitrogens with zero attached hydrogens (tertiary/aromatic N) is 1. The van der Waals surface area contributed by atoms with Gasteiger partial charge in [0, 0.05) is 24.3 Å². The van der Waals surface area contributed by atoms with Gasteiger partial charge in [0.15, 0.2) is 0 Å². The molecule has 3 aromatic rings. The minimum Gasteiger partial charge on any atom is -0.326 e. The Bertz CT molecular complexity index is 1160. The van der Waals surface area contributed by atoms with Gasteiger partial charge in [-0.25, -0.2) is 4.79 Å². The number of aromatic nitrogens is 2. The molecule has 1 fully saturated rings. The van der Waals surface area contributed by atoms with Gasteiger partial charge >= 0.3 is 5.69 Å². The van der Waals surface area contributed by atoms with Crippen LogP contribution in [0.1, 0.15) is 24.0 Å². The zero-order valence-corrected chi connectivity index (χ0v) is 15.2. The lowest BCUT2D eigenvalue weighted by Gasteiger charge is -2.18. The molecule has 142 valence electrons. The Morgan fingerprint density at radius 3 is 2.71 bits per heavy atom. The summed E-state index contributed by atoms with van der Waals surface area (Å²) in [6, 6.07) is 11.4. The molecular formula is C21H20N4O3. The average molecular weight is 376 g/mol. The Labute approximate surface area is 160 Å². The molecule has 0 unspecified atom stereocenters. The first-order valence-electron chi connectivity index (χ1n) is 9.52. The quantitative estimate of drug-likeness (QED) is 0.654. The highest BCUT2D eigenvalue weighted by Crippen LogP contribution is 2.31. The molecule has 5 rings (SSSR count). The summed E-state index contributed by atoms with van der Waals surface area (Å²) in [5.74, 6) is -0.612. The third-order valence-corrected chi connectivity index (χ3v) is 5.67. The summed E-state index contributed by atoms with van der Waals surface area (Å²) in [5, 5.41) is 2.87. The maximum Gasteiger partial charge on any atom is 0.323 e. The minimum absolute atomic E-state index is 0.0245. The van der Waals surface area contributed by atoms with Crippen LogP contribution < -0.4 is 15.9 Å². The van der Waals surface area contributed by atoms with Crippen molar-refractivity contribution in [2.24, 2.45) is 5.92 Å². The van der Waals surface area contributed by atoms with Gasteiger partial charge in [0.25, 0.3) is 0 Å². The molecule has 0 saturated carbocycles. The molecule has 3 N–H and O–H groups in total. The van der Waals surface area contributed by atoms with Crippen molar-refractivity contribution < 1.29 is 9.59 Å². The lowest BCUT2D eigenvalue weighted by atomic mass is 10.1. The molecule has 7 nitrogen and oxygen atoms in total. The summed E-state index contributed by atoms with van der Waals surface area (Å²) < 4.78 is 0. The number of fused-ring (bicyclic) bond motifs is 2. The summed E-state index contributed by atoms with van der Waals surface area (Å²) in [5.41, 5.74) is 5.18. The second kappa shape index (κ2) is 6.37. The van der Waals surface area contributed by atoms with Crippen molar-refractivity contribution in [2.45, 2.75) is 25.7 Å². The number of aryl methyl sites for hydroxylation is 2. The molecule has 1 aliphatic heterocycles. The second-order valence-corrected chi connectivity index (χ2v) is 7.54. The Kier molecular flexibility index (Phi) is 3.82. The predicted molar refractivity (Wildman–Crippen MR) is 106 cm³/mol. The van der Waals surface area contributed by atoms with Crippen LogP contribution in [0.4, 0.5) is 11.4 Å². The number of H-pyrrole nitrogens is 2. The van der Waals surface area contributed by atoms with Crippen LogP contribution in [-0.2, 0) is 22.4 Å². The highest BCUT2D eigenvalue weighted by molar-refractivity contribution is 6.04. The van der Waals surface area contributed by atoms with Crippen molar-refractivity contribution in [3.63, 3.8) is 0 Å². The summed E-state index contributed by atoms with van der Waals surface area (Å²) >= 11 is 0. The van der Waals surface area contributed by atoms with Gasteiger partial charge in [0.1, 0.15) is 0 Å². The maximum absolute atomic E-state index is 12.7. The van der Waals surface area contributed by atoms with E-state index in [1.807, 2.05) is 6.07 Å². The van der Waals surface area contributed by atoms with Crippen LogP contribution >= 0.6 is 0 Å². The number of rotatable bonds is 3. The lowest BCUT2D eigenvalue weighted by molar-refractivity contribution is -0.122. The predicted octanol–water partition coefficient (Wildman–Crippen LogP) is 2.34. The molecule has 0 bridgehead atoms. The van der Waals surface area contributed by atoms with Crippen molar-refractivity contribution in [1.29, 1.82) is 0 Å². The van der Waals surface area contributed by atoms with Gasteiger partial charge in [-0.2, -0.15) is 0 Å². The van der Waals surface area contributed by atoms with Gasteiger partial charge in [0.2, 0.25) is 11.8 Å². The Balaban J connectivity index is 1.31. The summed E-state index contributed by atoms with van der Waals surface area (Å²) in [6.45, 7) is 0.382. The van der Waals surface area contributed by atoms with Crippen LogP contribution in [0.25, 0.3) is 11.0 Å². The lowest BCUT2D eigenvalue weighted by Crippen LogP contribution is -2.28. The van der Waals surface area contributed by atoms with E-state index in [-0.39, 0.29) is 23.9 Å². The SMILES string of the molecule is O=C(Nc1ccc2[nH]c(=O)[nH]c2c1)[C@@H]1CC(=O)N(c2ccc3c(c2)CCC3)C1. The first-order valence-corrected chi connectivity index (χ1v) is 9.52. The molecule has 1 aromatic heterocycles. The highest BCUT2D eigenvalue weighted by Gasteiger charge is 2.35. The number of aromatic amines is 2. The average Bonchev–Trinajstić information content (AvgIpc) is 3.37. The van der Waals surface area contributed by atoms with Gasteiger partial charge < -0.3 is 20.2 Å². The van der Waals surface area contributed by atoms with E-state index in [1.54, 1.807) is 23.1 Å². The van der Waals surface area contributed by atoms with Crippen LogP contribution in [0.15, 0.2) is 41.2 Å². The van der Waals surface area contributed by atoms with E-state index < -0.39 is 5.92 Å². The molecule has 0 radical (unpaired) electrons. The molecule has 2 aliphatic rings. The number of anilines is 2. The van der Waals surface area contributed by atoms with Crippen LogP contribution in [-0.4, -0.2) is 28.3 Å². The number of hydrogen-bond acceptors (Lipinski definition) is 3. The molecule has 28 heavy (non-hydrogen) atoms. The molecule has 0 spiro atoms. The normalized spacial score (nSPS) is 18.6. The van der Waals surface area contributed by atoms with E-state index in [4.69, 9.17) is 0 Å². The fourth-order valence-corrected chi connectivity index (χ4v) is 4.21. The highest BCUT2D eigenvalue weighted by atomic mass is 16.2. The van der Waals surface area contributed by atoms with Crippen molar-refractivity contribution in [3.8, 4) is 0 Å². The van der Waals surface area contributed by atoms with Crippen molar-refractivity contribution >= 4 is 34.2 Å². The van der Waals surface area contributed by atoms with Crippen LogP contribution in [0, 0.1) is 5.92 Å². The third-order valence-electron chi connectivity index (χ3n) is 5.67. The van der Waals surface area contributed by atoms with E-state index >= 15 is 0 Å². The summed E-state index contributed by atoms with van der Waals surface area (Å²) in [4.78, 5) is 43.6. The molecule has 7 heteroatoms. The Morgan fingerprint density at radius 2 is 1.82 bits per heavy atom. The van der Waals surface area contributed by atoms with Crippen LogP contribution in [0.2, 0.25) is 0 Å². The van der Waals surface area contributed by atoms with E-state index in [1.165, 1.54) is 11.1 Å². The number of hydrogen-bond donors (Lipinski definition) is 3. The van der Waals surface area contributed by atoms with E-state index in [0.717, 1.165) is 24.9 Å². The number of carbonyl (C=O) groups is 2. The molecule has 1 saturated heterocycles. The van der Waals surface area contributed by atoms with E-state index in [9.17, 15) is 14.4 Å². The Hall–Kier alpha value is -3.35. The smallest absolute Gasteiger partial charge is 0.323 e. The fraction of sp³-hybridized carbons (Fsp3) is 0.286. The molecule has 2 amide bonds. The van der Waals surface area contributed by atoms with Gasteiger partial charge in [-0.05, 0) is 60.7 Å². The van der Waals surface area contributed by atoms with Crippen LogP contribution in [0.5, 0.6) is 0 Å². The fourth-order valence-electron chi connectivity index (χ4n) is 4.21. The van der Waals surface area contributed by atoms with Gasteiger partial charge in [-0.15, -0.1) is 0 Å². The molecule has 1 atom stereocenters. The van der Waals surface area contributed by atoms with Gasteiger partial charge in [0.05, 0.1) is 17.0 Å². The Morgan fingerprint density at radius 1 is 1.00 bits per heavy atom. The number of imidazole rings is 1. The van der Waals surface area contributed by atoms with Gasteiger partial charge in [-0.3, -0.25) is 9.59 Å². The molecule has 2 aromatic carbocycles. The summed E-state index contributed by atoms with van der Waals surface area (Å²) in [7, 11) is 0. The largest absolute Gasteiger partial charge is 0.326 e. The maximum atomic E-state index is 12.7. The number of carbonyl (C=O) groups excluding carboxylic acids is 2. The minimum atomic E-state index is -0.401. The molecule has 1 aliphatic carbocycles. The van der Waals surface area contributed by atoms with Crippen molar-refractivity contribution in [1.82, 2.24) is 9.97 Å². The third kappa shape index (κ3) is 2.89. The van der Waals surface area contributed by atoms with Crippen molar-refractivity contribution in [2.75, 3.05) is 16.8 Å². The van der Waals surface area contributed by atoms with Crippen LogP contribution in [0.3, 0.4) is 0 Å². The summed E-state index contributed by atoms with van der Waals surface area (Å²) in [6.07, 6.45) is 3.52. The first kappa shape index (κ1) is 16.8. The number of nitrogens with one attached hydrogen (secondary N) is 3. The molecular weight excluding hydrogens is 356 g/mol. The first-order chi connectivity index (χ1) is 13.6. The zero-order valence-electron chi connectivity index (χ0n) is 15.2. The number of amides is 2.